The average Bonchev–Trinajstić information content (AvgIpc) is 2.94. The third kappa shape index (κ3) is 2.59. The van der Waals surface area contributed by atoms with Gasteiger partial charge in [-0.25, -0.2) is 4.98 Å². The van der Waals surface area contributed by atoms with E-state index in [-0.39, 0.29) is 0 Å². The van der Waals surface area contributed by atoms with Gasteiger partial charge in [-0.3, -0.25) is 4.90 Å². The minimum Gasteiger partial charge on any atom is -0.493 e. The van der Waals surface area contributed by atoms with Crippen molar-refractivity contribution in [2.75, 3.05) is 13.2 Å². The number of nitrogens with one attached hydrogen (secondary N) is 1. The van der Waals surface area contributed by atoms with Crippen molar-refractivity contribution < 1.29 is 4.74 Å². The van der Waals surface area contributed by atoms with Crippen molar-refractivity contribution >= 4 is 12.2 Å². The number of aromatic nitrogens is 2. The van der Waals surface area contributed by atoms with Gasteiger partial charge in [0.15, 0.2) is 4.77 Å². The Balaban J connectivity index is 1.52. The highest BCUT2D eigenvalue weighted by molar-refractivity contribution is 7.71. The maximum Gasteiger partial charge on any atom is 0.196 e. The molecule has 0 saturated carbocycles. The zero-order chi connectivity index (χ0) is 14.2. The number of hydrogen-bond acceptors (Lipinski definition) is 4. The molecule has 1 N–H and O–H groups in total. The Kier molecular flexibility index (Phi) is 3.24. The van der Waals surface area contributed by atoms with E-state index in [1.54, 1.807) is 0 Å². The van der Waals surface area contributed by atoms with Crippen LogP contribution in [0.15, 0.2) is 24.4 Å². The first-order chi connectivity index (χ1) is 10.3. The van der Waals surface area contributed by atoms with Crippen LogP contribution in [0.1, 0.15) is 22.4 Å². The number of fused-ring (bicyclic) bond motifs is 2. The molecule has 21 heavy (non-hydrogen) atoms. The molecule has 0 amide bonds. The maximum absolute atomic E-state index is 5.57. The van der Waals surface area contributed by atoms with Crippen molar-refractivity contribution in [2.45, 2.75) is 25.9 Å². The highest BCUT2D eigenvalue weighted by atomic mass is 32.1. The van der Waals surface area contributed by atoms with Gasteiger partial charge in [-0.05, 0) is 41.4 Å². The highest BCUT2D eigenvalue weighted by Crippen LogP contribution is 2.27. The van der Waals surface area contributed by atoms with E-state index in [4.69, 9.17) is 17.0 Å². The Morgan fingerprint density at radius 2 is 2.24 bits per heavy atom. The van der Waals surface area contributed by atoms with Crippen LogP contribution in [0.3, 0.4) is 0 Å². The van der Waals surface area contributed by atoms with Gasteiger partial charge in [0.05, 0.1) is 6.61 Å². The molecule has 2 aromatic rings. The largest absolute Gasteiger partial charge is 0.493 e. The Hall–Kier alpha value is -1.72. The van der Waals surface area contributed by atoms with Crippen LogP contribution >= 0.6 is 12.2 Å². The van der Waals surface area contributed by atoms with Gasteiger partial charge in [-0.15, -0.1) is 0 Å². The summed E-state index contributed by atoms with van der Waals surface area (Å²) < 4.78 is 6.14. The number of nitrogens with zero attached hydrogens (tertiary/aromatic N) is 2. The molecule has 1 aromatic heterocycles. The monoisotopic (exact) mass is 299 g/mol. The minimum atomic E-state index is 0.574. The molecule has 2 aliphatic rings. The molecule has 0 saturated heterocycles. The smallest absolute Gasteiger partial charge is 0.196 e. The van der Waals surface area contributed by atoms with E-state index in [1.165, 1.54) is 22.4 Å². The molecule has 2 aliphatic heterocycles. The molecular weight excluding hydrogens is 282 g/mol. The van der Waals surface area contributed by atoms with Crippen molar-refractivity contribution in [1.82, 2.24) is 14.9 Å². The molecule has 5 heteroatoms. The zero-order valence-electron chi connectivity index (χ0n) is 11.8. The average molecular weight is 299 g/mol. The number of H-pyrrole nitrogens is 1. The summed E-state index contributed by atoms with van der Waals surface area (Å²) in [5.74, 6) is 1.05. The first-order valence-corrected chi connectivity index (χ1v) is 7.73. The summed E-state index contributed by atoms with van der Waals surface area (Å²) in [7, 11) is 0. The van der Waals surface area contributed by atoms with Crippen LogP contribution in [0.4, 0.5) is 0 Å². The lowest BCUT2D eigenvalue weighted by Crippen LogP contribution is -2.31. The van der Waals surface area contributed by atoms with E-state index in [9.17, 15) is 0 Å². The molecule has 0 fully saturated rings. The third-order valence-corrected chi connectivity index (χ3v) is 4.43. The number of hydrogen-bond donors (Lipinski definition) is 1. The minimum absolute atomic E-state index is 0.574. The molecule has 4 nitrogen and oxygen atoms in total. The van der Waals surface area contributed by atoms with Crippen LogP contribution in [-0.4, -0.2) is 28.0 Å². The summed E-state index contributed by atoms with van der Waals surface area (Å²) in [6.07, 6.45) is 3.98. The fourth-order valence-corrected chi connectivity index (χ4v) is 3.30. The number of benzene rings is 1. The predicted octanol–water partition coefficient (Wildman–Crippen LogP) is 2.63. The van der Waals surface area contributed by atoms with Crippen molar-refractivity contribution in [3.8, 4) is 5.75 Å². The molecule has 0 atom stereocenters. The molecule has 0 unspecified atom stereocenters. The molecule has 0 radical (unpaired) electrons. The van der Waals surface area contributed by atoms with E-state index >= 15 is 0 Å². The van der Waals surface area contributed by atoms with Crippen LogP contribution in [0.5, 0.6) is 5.75 Å². The molecule has 1 aromatic carbocycles. The predicted molar refractivity (Wildman–Crippen MR) is 82.9 cm³/mol. The lowest BCUT2D eigenvalue weighted by atomic mass is 10.0. The summed E-state index contributed by atoms with van der Waals surface area (Å²) in [5, 5.41) is 0. The lowest BCUT2D eigenvalue weighted by molar-refractivity contribution is 0.241. The van der Waals surface area contributed by atoms with Gasteiger partial charge in [-0.1, -0.05) is 12.1 Å². The number of aromatic amines is 1. The Morgan fingerprint density at radius 3 is 3.19 bits per heavy atom. The number of ether oxygens (including phenoxy) is 1. The van der Waals surface area contributed by atoms with Crippen LogP contribution in [0.2, 0.25) is 0 Å². The van der Waals surface area contributed by atoms with E-state index in [0.717, 1.165) is 44.8 Å². The maximum atomic E-state index is 5.57. The van der Waals surface area contributed by atoms with E-state index < -0.39 is 0 Å². The van der Waals surface area contributed by atoms with Crippen molar-refractivity contribution in [2.24, 2.45) is 0 Å². The van der Waals surface area contributed by atoms with Crippen molar-refractivity contribution in [3.05, 3.63) is 51.6 Å². The fourth-order valence-electron chi connectivity index (χ4n) is 3.13. The third-order valence-electron chi connectivity index (χ3n) is 4.22. The van der Waals surface area contributed by atoms with Gasteiger partial charge in [0.2, 0.25) is 0 Å². The zero-order valence-corrected chi connectivity index (χ0v) is 12.6. The summed E-state index contributed by atoms with van der Waals surface area (Å²) in [5.41, 5.74) is 5.21. The van der Waals surface area contributed by atoms with E-state index in [0.29, 0.717) is 4.77 Å². The van der Waals surface area contributed by atoms with Crippen LogP contribution in [0.25, 0.3) is 0 Å². The molecule has 3 heterocycles. The van der Waals surface area contributed by atoms with Crippen LogP contribution in [0, 0.1) is 4.77 Å². The van der Waals surface area contributed by atoms with E-state index in [1.807, 2.05) is 6.20 Å². The summed E-state index contributed by atoms with van der Waals surface area (Å²) in [6.45, 7) is 3.76. The first kappa shape index (κ1) is 13.0. The summed E-state index contributed by atoms with van der Waals surface area (Å²) in [6, 6.07) is 6.56. The van der Waals surface area contributed by atoms with Gasteiger partial charge in [-0.2, -0.15) is 0 Å². The second kappa shape index (κ2) is 5.24. The summed E-state index contributed by atoms with van der Waals surface area (Å²) >= 11 is 5.12. The van der Waals surface area contributed by atoms with Gasteiger partial charge in [0.1, 0.15) is 5.75 Å². The van der Waals surface area contributed by atoms with Crippen molar-refractivity contribution in [1.29, 1.82) is 0 Å². The molecule has 0 spiro atoms. The molecule has 4 rings (SSSR count). The Morgan fingerprint density at radius 1 is 1.29 bits per heavy atom. The van der Waals surface area contributed by atoms with Crippen LogP contribution < -0.4 is 4.74 Å². The van der Waals surface area contributed by atoms with E-state index in [2.05, 4.69) is 33.1 Å². The normalized spacial score (nSPS) is 17.1. The standard InChI is InChI=1S/C16H17N3OS/c21-16-17-8-13-3-5-19(10-14(13)18-16)9-11-1-2-15-12(7-11)4-6-20-15/h1-2,7-8H,3-6,9-10H2,(H,17,18,21). The molecule has 108 valence electrons. The Bertz CT molecular complexity index is 741. The lowest BCUT2D eigenvalue weighted by Gasteiger charge is -2.28. The second-order valence-electron chi connectivity index (χ2n) is 5.69. The van der Waals surface area contributed by atoms with Crippen LogP contribution in [-0.2, 0) is 25.9 Å². The van der Waals surface area contributed by atoms with Gasteiger partial charge in [0, 0.05) is 37.9 Å². The summed E-state index contributed by atoms with van der Waals surface area (Å²) in [4.78, 5) is 9.84. The molecule has 0 aliphatic carbocycles. The van der Waals surface area contributed by atoms with Gasteiger partial charge in [0.25, 0.3) is 0 Å². The molecular formula is C16H17N3OS. The van der Waals surface area contributed by atoms with Gasteiger partial charge >= 0.3 is 0 Å². The fraction of sp³-hybridized carbons (Fsp3) is 0.375. The molecule has 0 bridgehead atoms. The van der Waals surface area contributed by atoms with Crippen molar-refractivity contribution in [3.63, 3.8) is 0 Å². The van der Waals surface area contributed by atoms with Gasteiger partial charge < -0.3 is 9.72 Å². The first-order valence-electron chi connectivity index (χ1n) is 7.32. The number of rotatable bonds is 2. The SMILES string of the molecule is S=c1ncc2c([nH]1)CN(Cc1ccc3c(c1)CCO3)CC2. The quantitative estimate of drug-likeness (QED) is 0.866. The topological polar surface area (TPSA) is 41.2 Å². The Labute approximate surface area is 128 Å². The second-order valence-corrected chi connectivity index (χ2v) is 6.08. The highest BCUT2D eigenvalue weighted by Gasteiger charge is 2.18.